The van der Waals surface area contributed by atoms with Crippen molar-refractivity contribution in [3.8, 4) is 11.3 Å². The molecule has 0 spiro atoms. The summed E-state index contributed by atoms with van der Waals surface area (Å²) in [4.78, 5) is 23.2. The zero-order valence-electron chi connectivity index (χ0n) is 10.0. The first-order chi connectivity index (χ1) is 9.04. The van der Waals surface area contributed by atoms with E-state index in [1.807, 2.05) is 0 Å². The van der Waals surface area contributed by atoms with E-state index in [-0.39, 0.29) is 7.43 Å². The number of benzene rings is 1. The number of amides is 1. The second-order valence-electron chi connectivity index (χ2n) is 3.99. The normalized spacial score (nSPS) is 10.1. The Bertz CT molecular complexity index is 658. The van der Waals surface area contributed by atoms with Crippen molar-refractivity contribution in [3.05, 3.63) is 45.2 Å². The maximum atomic E-state index is 12.0. The fraction of sp³-hybridized carbons (Fsp3) is 0.231. The van der Waals surface area contributed by atoms with E-state index < -0.39 is 11.6 Å². The molecule has 6 nitrogen and oxygen atoms in total. The van der Waals surface area contributed by atoms with Crippen molar-refractivity contribution in [2.24, 2.45) is 11.5 Å². The van der Waals surface area contributed by atoms with E-state index in [1.165, 1.54) is 0 Å². The molecule has 0 bridgehead atoms. The third kappa shape index (κ3) is 2.92. The zero-order chi connectivity index (χ0) is 14.0. The monoisotopic (exact) mass is 296 g/mol. The molecule has 1 heterocycles. The van der Waals surface area contributed by atoms with E-state index in [9.17, 15) is 9.59 Å². The van der Waals surface area contributed by atoms with Crippen molar-refractivity contribution >= 4 is 17.6 Å². The molecule has 2 aromatic rings. The number of aromatic amines is 1. The minimum atomic E-state index is -0.858. The highest BCUT2D eigenvalue weighted by atomic mass is 35.5. The van der Waals surface area contributed by atoms with Crippen LogP contribution >= 0.6 is 11.6 Å². The Labute approximate surface area is 121 Å². The van der Waals surface area contributed by atoms with E-state index in [4.69, 9.17) is 23.1 Å². The molecule has 0 saturated carbocycles. The molecule has 0 saturated heterocycles. The van der Waals surface area contributed by atoms with Crippen molar-refractivity contribution in [2.75, 3.05) is 6.54 Å². The number of carbonyl (C=O) groups excluding carboxylic acids is 1. The molecule has 5 N–H and O–H groups in total. The van der Waals surface area contributed by atoms with Gasteiger partial charge in [-0.15, -0.1) is 0 Å². The van der Waals surface area contributed by atoms with E-state index in [1.54, 1.807) is 24.3 Å². The van der Waals surface area contributed by atoms with E-state index in [2.05, 4.69) is 5.10 Å². The third-order valence-electron chi connectivity index (χ3n) is 2.73. The third-order valence-corrected chi connectivity index (χ3v) is 2.99. The number of nitrogens with one attached hydrogen (secondary N) is 1. The number of hydrogen-bond donors (Lipinski definition) is 3. The second kappa shape index (κ2) is 6.40. The lowest BCUT2D eigenvalue weighted by Gasteiger charge is -2.01. The Kier molecular flexibility index (Phi) is 5.12. The molecule has 0 aliphatic rings. The van der Waals surface area contributed by atoms with Crippen LogP contribution in [0, 0.1) is 0 Å². The highest BCUT2D eigenvalue weighted by Crippen LogP contribution is 2.21. The summed E-state index contributed by atoms with van der Waals surface area (Å²) in [6, 6.07) is 6.03. The van der Waals surface area contributed by atoms with Crippen LogP contribution in [0.1, 0.15) is 13.0 Å². The number of primary amides is 1. The number of carbonyl (C=O) groups is 1. The molecule has 2 rings (SSSR count). The van der Waals surface area contributed by atoms with Gasteiger partial charge < -0.3 is 11.5 Å². The Morgan fingerprint density at radius 1 is 1.30 bits per heavy atom. The number of nitrogens with two attached hydrogens (primary N) is 2. The molecule has 1 aromatic carbocycles. The van der Waals surface area contributed by atoms with Gasteiger partial charge in [0.25, 0.3) is 5.56 Å². The smallest absolute Gasteiger partial charge is 0.341 e. The van der Waals surface area contributed by atoms with Gasteiger partial charge >= 0.3 is 6.03 Å². The molecule has 0 fully saturated rings. The first kappa shape index (κ1) is 16.0. The van der Waals surface area contributed by atoms with E-state index >= 15 is 0 Å². The van der Waals surface area contributed by atoms with Crippen LogP contribution in [0.3, 0.4) is 0 Å². The Balaban J connectivity index is 0.00000200. The molecule has 0 unspecified atom stereocenters. The highest BCUT2D eigenvalue weighted by molar-refractivity contribution is 6.30. The van der Waals surface area contributed by atoms with Gasteiger partial charge in [0.15, 0.2) is 0 Å². The number of H-pyrrole nitrogens is 1. The molecule has 0 aliphatic heterocycles. The molecule has 7 heteroatoms. The van der Waals surface area contributed by atoms with Gasteiger partial charge in [0.1, 0.15) is 0 Å². The van der Waals surface area contributed by atoms with Gasteiger partial charge in [-0.2, -0.15) is 4.68 Å². The van der Waals surface area contributed by atoms with Crippen LogP contribution < -0.4 is 17.0 Å². The van der Waals surface area contributed by atoms with Crippen molar-refractivity contribution < 1.29 is 4.79 Å². The van der Waals surface area contributed by atoms with Gasteiger partial charge in [0, 0.05) is 10.6 Å². The molecule has 20 heavy (non-hydrogen) atoms. The van der Waals surface area contributed by atoms with Gasteiger partial charge in [-0.25, -0.2) is 4.79 Å². The van der Waals surface area contributed by atoms with Crippen molar-refractivity contribution in [2.45, 2.75) is 13.8 Å². The lowest BCUT2D eigenvalue weighted by molar-refractivity contribution is 0.247. The van der Waals surface area contributed by atoms with Gasteiger partial charge in [-0.3, -0.25) is 9.89 Å². The predicted molar refractivity (Wildman–Crippen MR) is 80.0 cm³/mol. The molecule has 1 amide bonds. The van der Waals surface area contributed by atoms with Gasteiger partial charge in [0.2, 0.25) is 0 Å². The van der Waals surface area contributed by atoms with Crippen molar-refractivity contribution in [3.63, 3.8) is 0 Å². The number of halogens is 1. The summed E-state index contributed by atoms with van der Waals surface area (Å²) >= 11 is 5.82. The van der Waals surface area contributed by atoms with Crippen LogP contribution in [-0.4, -0.2) is 22.4 Å². The summed E-state index contributed by atoms with van der Waals surface area (Å²) in [5.41, 5.74) is 11.9. The summed E-state index contributed by atoms with van der Waals surface area (Å²) < 4.78 is 0.773. The minimum Gasteiger partial charge on any atom is -0.350 e. The number of aromatic nitrogens is 2. The van der Waals surface area contributed by atoms with Crippen molar-refractivity contribution in [1.29, 1.82) is 0 Å². The number of hydrogen-bond acceptors (Lipinski definition) is 3. The topological polar surface area (TPSA) is 107 Å². The largest absolute Gasteiger partial charge is 0.350 e. The van der Waals surface area contributed by atoms with Crippen LogP contribution in [0.2, 0.25) is 5.02 Å². The summed E-state index contributed by atoms with van der Waals surface area (Å²) in [6.07, 6.45) is 0.355. The summed E-state index contributed by atoms with van der Waals surface area (Å²) in [7, 11) is 0. The lowest BCUT2D eigenvalue weighted by Crippen LogP contribution is -2.31. The maximum absolute atomic E-state index is 12.0. The number of nitrogens with zero attached hydrogens (tertiary/aromatic N) is 1. The van der Waals surface area contributed by atoms with E-state index in [0.29, 0.717) is 29.2 Å². The first-order valence-electron chi connectivity index (χ1n) is 5.64. The molecule has 1 aromatic heterocycles. The number of rotatable bonds is 3. The first-order valence-corrected chi connectivity index (χ1v) is 6.02. The average molecular weight is 297 g/mol. The second-order valence-corrected chi connectivity index (χ2v) is 4.43. The SMILES string of the molecule is C.NCCc1c(-c2ccc(Cl)cc2)[nH]n(C(N)=O)c1=O. The molecule has 0 aliphatic carbocycles. The molecular weight excluding hydrogens is 280 g/mol. The summed E-state index contributed by atoms with van der Waals surface area (Å²) in [5, 5.41) is 3.29. The quantitative estimate of drug-likeness (QED) is 0.800. The van der Waals surface area contributed by atoms with Crippen LogP contribution in [0.15, 0.2) is 29.1 Å². The summed E-state index contributed by atoms with van der Waals surface area (Å²) in [5.74, 6) is 0. The van der Waals surface area contributed by atoms with Crippen LogP contribution in [-0.2, 0) is 6.42 Å². The van der Waals surface area contributed by atoms with Gasteiger partial charge in [-0.1, -0.05) is 31.2 Å². The standard InChI is InChI=1S/C12H13ClN4O2.CH4/c13-8-3-1-7(2-4-8)10-9(5-6-14)11(18)17(16-10)12(15)19;/h1-4,16H,5-6,14H2,(H2,15,19);1H4. The maximum Gasteiger partial charge on any atom is 0.341 e. The minimum absolute atomic E-state index is 0. The van der Waals surface area contributed by atoms with Crippen LogP contribution in [0.5, 0.6) is 0 Å². The van der Waals surface area contributed by atoms with Crippen molar-refractivity contribution in [1.82, 2.24) is 9.78 Å². The zero-order valence-corrected chi connectivity index (χ0v) is 10.8. The van der Waals surface area contributed by atoms with E-state index in [0.717, 1.165) is 10.2 Å². The molecular formula is C13H17ClN4O2. The average Bonchev–Trinajstić information content (AvgIpc) is 2.69. The molecule has 0 radical (unpaired) electrons. The molecule has 108 valence electrons. The fourth-order valence-electron chi connectivity index (χ4n) is 1.86. The fourth-order valence-corrected chi connectivity index (χ4v) is 1.98. The summed E-state index contributed by atoms with van der Waals surface area (Å²) in [6.45, 7) is 0.298. The Morgan fingerprint density at radius 3 is 2.40 bits per heavy atom. The predicted octanol–water partition coefficient (Wildman–Crippen LogP) is 1.56. The molecule has 0 atom stereocenters. The Morgan fingerprint density at radius 2 is 1.90 bits per heavy atom. The highest BCUT2D eigenvalue weighted by Gasteiger charge is 2.17. The van der Waals surface area contributed by atoms with Gasteiger partial charge in [-0.05, 0) is 30.7 Å². The lowest BCUT2D eigenvalue weighted by atomic mass is 10.1. The van der Waals surface area contributed by atoms with Gasteiger partial charge in [0.05, 0.1) is 5.69 Å². The van der Waals surface area contributed by atoms with Crippen LogP contribution in [0.25, 0.3) is 11.3 Å². The Hall–Kier alpha value is -2.05. The van der Waals surface area contributed by atoms with Crippen LogP contribution in [0.4, 0.5) is 4.79 Å².